The van der Waals surface area contributed by atoms with Gasteiger partial charge >= 0.3 is 6.09 Å². The standard InChI is InChI=1S/C14H15N3O3/c1-20-13(19)17-11-4-2-3-9-7-14(6-5-10(9)11)12(18)15-8-16-14/h2-4,8H,5-7H2,1H3,(H,17,19)(H,15,16,18). The number of nitrogens with one attached hydrogen (secondary N) is 2. The number of benzene rings is 1. The van der Waals surface area contributed by atoms with Gasteiger partial charge in [-0.2, -0.15) is 0 Å². The van der Waals surface area contributed by atoms with Crippen LogP contribution in [-0.4, -0.2) is 31.0 Å². The Hall–Kier alpha value is -2.37. The van der Waals surface area contributed by atoms with E-state index in [-0.39, 0.29) is 5.91 Å². The summed E-state index contributed by atoms with van der Waals surface area (Å²) in [5.41, 5.74) is 2.17. The summed E-state index contributed by atoms with van der Waals surface area (Å²) in [6.45, 7) is 0. The van der Waals surface area contributed by atoms with Crippen LogP contribution in [0.2, 0.25) is 0 Å². The third kappa shape index (κ3) is 1.93. The first-order valence-electron chi connectivity index (χ1n) is 6.45. The molecule has 0 radical (unpaired) electrons. The first-order chi connectivity index (χ1) is 9.64. The number of carbonyl (C=O) groups is 2. The van der Waals surface area contributed by atoms with E-state index in [9.17, 15) is 9.59 Å². The molecule has 1 aliphatic heterocycles. The first-order valence-corrected chi connectivity index (χ1v) is 6.45. The topological polar surface area (TPSA) is 79.8 Å². The largest absolute Gasteiger partial charge is 0.453 e. The summed E-state index contributed by atoms with van der Waals surface area (Å²) in [6.07, 6.45) is 2.88. The lowest BCUT2D eigenvalue weighted by Crippen LogP contribution is -2.43. The molecule has 0 fully saturated rings. The molecule has 2 N–H and O–H groups in total. The molecule has 20 heavy (non-hydrogen) atoms. The molecule has 1 heterocycles. The fourth-order valence-electron chi connectivity index (χ4n) is 2.82. The summed E-state index contributed by atoms with van der Waals surface area (Å²) in [7, 11) is 1.33. The Morgan fingerprint density at radius 2 is 2.35 bits per heavy atom. The summed E-state index contributed by atoms with van der Waals surface area (Å²) >= 11 is 0. The highest BCUT2D eigenvalue weighted by Gasteiger charge is 2.43. The van der Waals surface area contributed by atoms with E-state index in [1.165, 1.54) is 13.4 Å². The van der Waals surface area contributed by atoms with Crippen molar-refractivity contribution in [3.63, 3.8) is 0 Å². The Morgan fingerprint density at radius 1 is 1.50 bits per heavy atom. The maximum absolute atomic E-state index is 11.9. The first kappa shape index (κ1) is 12.7. The summed E-state index contributed by atoms with van der Waals surface area (Å²) in [5.74, 6) is -0.0468. The molecule has 3 rings (SSSR count). The maximum atomic E-state index is 11.9. The van der Waals surface area contributed by atoms with E-state index in [2.05, 4.69) is 20.4 Å². The number of amides is 2. The van der Waals surface area contributed by atoms with Crippen molar-refractivity contribution in [1.29, 1.82) is 0 Å². The molecule has 1 atom stereocenters. The number of hydrogen-bond donors (Lipinski definition) is 2. The molecule has 6 nitrogen and oxygen atoms in total. The summed E-state index contributed by atoms with van der Waals surface area (Å²) in [5, 5.41) is 5.36. The molecule has 1 aromatic carbocycles. The van der Waals surface area contributed by atoms with E-state index in [4.69, 9.17) is 0 Å². The van der Waals surface area contributed by atoms with Crippen molar-refractivity contribution in [2.45, 2.75) is 24.8 Å². The molecule has 0 bridgehead atoms. The Morgan fingerprint density at radius 3 is 3.05 bits per heavy atom. The SMILES string of the molecule is COC(=O)Nc1cccc2c1CCC1(C2)N=CNC1=O. The number of carbonyl (C=O) groups excluding carboxylic acids is 2. The third-order valence-corrected chi connectivity index (χ3v) is 3.90. The van der Waals surface area contributed by atoms with E-state index < -0.39 is 11.6 Å². The van der Waals surface area contributed by atoms with Crippen molar-refractivity contribution < 1.29 is 14.3 Å². The second kappa shape index (κ2) is 4.63. The molecule has 2 aliphatic rings. The lowest BCUT2D eigenvalue weighted by Gasteiger charge is -2.30. The van der Waals surface area contributed by atoms with Crippen molar-refractivity contribution in [1.82, 2.24) is 5.32 Å². The van der Waals surface area contributed by atoms with Crippen molar-refractivity contribution in [3.05, 3.63) is 29.3 Å². The Balaban J connectivity index is 1.92. The van der Waals surface area contributed by atoms with Gasteiger partial charge in [0.05, 0.1) is 13.4 Å². The molecule has 1 spiro atoms. The van der Waals surface area contributed by atoms with Gasteiger partial charge in [0, 0.05) is 12.1 Å². The van der Waals surface area contributed by atoms with Crippen molar-refractivity contribution in [2.24, 2.45) is 4.99 Å². The molecule has 1 aliphatic carbocycles. The van der Waals surface area contributed by atoms with Gasteiger partial charge in [0.25, 0.3) is 5.91 Å². The number of methoxy groups -OCH3 is 1. The van der Waals surface area contributed by atoms with Crippen LogP contribution in [-0.2, 0) is 22.4 Å². The number of hydrogen-bond acceptors (Lipinski definition) is 4. The van der Waals surface area contributed by atoms with Crippen LogP contribution in [0.5, 0.6) is 0 Å². The van der Waals surface area contributed by atoms with Crippen LogP contribution in [0.25, 0.3) is 0 Å². The third-order valence-electron chi connectivity index (χ3n) is 3.90. The second-order valence-corrected chi connectivity index (χ2v) is 5.00. The normalized spacial score (nSPS) is 23.4. The fraction of sp³-hybridized carbons (Fsp3) is 0.357. The number of rotatable bonds is 1. The minimum atomic E-state index is -0.670. The van der Waals surface area contributed by atoms with Gasteiger partial charge in [-0.05, 0) is 30.0 Å². The van der Waals surface area contributed by atoms with Crippen LogP contribution in [0, 0.1) is 0 Å². The van der Waals surface area contributed by atoms with Crippen LogP contribution in [0.15, 0.2) is 23.2 Å². The molecule has 2 amide bonds. The van der Waals surface area contributed by atoms with Crippen LogP contribution >= 0.6 is 0 Å². The number of aliphatic imine (C=N–C) groups is 1. The minimum absolute atomic E-state index is 0.0468. The van der Waals surface area contributed by atoms with Crippen molar-refractivity contribution >= 4 is 24.0 Å². The molecular weight excluding hydrogens is 258 g/mol. The number of fused-ring (bicyclic) bond motifs is 1. The Bertz CT molecular complexity index is 612. The van der Waals surface area contributed by atoms with Crippen LogP contribution < -0.4 is 10.6 Å². The summed E-state index contributed by atoms with van der Waals surface area (Å²) < 4.78 is 4.62. The quantitative estimate of drug-likeness (QED) is 0.808. The van der Waals surface area contributed by atoms with Gasteiger partial charge < -0.3 is 10.1 Å². The van der Waals surface area contributed by atoms with E-state index >= 15 is 0 Å². The average Bonchev–Trinajstić information content (AvgIpc) is 2.79. The van der Waals surface area contributed by atoms with Gasteiger partial charge in [0.15, 0.2) is 0 Å². The number of anilines is 1. The van der Waals surface area contributed by atoms with Crippen LogP contribution in [0.3, 0.4) is 0 Å². The molecular formula is C14H15N3O3. The van der Waals surface area contributed by atoms with Crippen LogP contribution in [0.1, 0.15) is 17.5 Å². The maximum Gasteiger partial charge on any atom is 0.411 e. The number of ether oxygens (including phenoxy) is 1. The Kier molecular flexibility index (Phi) is 2.93. The molecule has 6 heteroatoms. The molecule has 104 valence electrons. The van der Waals surface area contributed by atoms with Gasteiger partial charge in [-0.15, -0.1) is 0 Å². The zero-order chi connectivity index (χ0) is 14.2. The van der Waals surface area contributed by atoms with Gasteiger partial charge in [-0.1, -0.05) is 12.1 Å². The zero-order valence-corrected chi connectivity index (χ0v) is 11.1. The van der Waals surface area contributed by atoms with Gasteiger partial charge in [0.2, 0.25) is 0 Å². The molecule has 0 saturated heterocycles. The number of nitrogens with zero attached hydrogens (tertiary/aromatic N) is 1. The van der Waals surface area contributed by atoms with Crippen molar-refractivity contribution in [3.8, 4) is 0 Å². The van der Waals surface area contributed by atoms with E-state index in [1.807, 2.05) is 18.2 Å². The van der Waals surface area contributed by atoms with Gasteiger partial charge in [0.1, 0.15) is 5.54 Å². The Labute approximate surface area is 116 Å². The second-order valence-electron chi connectivity index (χ2n) is 5.00. The highest BCUT2D eigenvalue weighted by Crippen LogP contribution is 2.36. The van der Waals surface area contributed by atoms with Crippen LogP contribution in [0.4, 0.5) is 10.5 Å². The zero-order valence-electron chi connectivity index (χ0n) is 11.1. The van der Waals surface area contributed by atoms with Gasteiger partial charge in [-0.25, -0.2) is 4.79 Å². The predicted molar refractivity (Wildman–Crippen MR) is 73.9 cm³/mol. The van der Waals surface area contributed by atoms with Crippen molar-refractivity contribution in [2.75, 3.05) is 12.4 Å². The summed E-state index contributed by atoms with van der Waals surface area (Å²) in [6, 6.07) is 5.67. The van der Waals surface area contributed by atoms with E-state index in [0.29, 0.717) is 19.3 Å². The predicted octanol–water partition coefficient (Wildman–Crippen LogP) is 1.25. The monoisotopic (exact) mass is 273 g/mol. The summed E-state index contributed by atoms with van der Waals surface area (Å²) in [4.78, 5) is 27.6. The molecule has 1 aromatic rings. The lowest BCUT2D eigenvalue weighted by atomic mass is 9.77. The highest BCUT2D eigenvalue weighted by molar-refractivity contribution is 6.00. The van der Waals surface area contributed by atoms with Gasteiger partial charge in [-0.3, -0.25) is 15.1 Å². The lowest BCUT2D eigenvalue weighted by molar-refractivity contribution is -0.124. The smallest absolute Gasteiger partial charge is 0.411 e. The average molecular weight is 273 g/mol. The fourth-order valence-corrected chi connectivity index (χ4v) is 2.82. The molecule has 0 saturated carbocycles. The van der Waals surface area contributed by atoms with E-state index in [1.54, 1.807) is 0 Å². The highest BCUT2D eigenvalue weighted by atomic mass is 16.5. The minimum Gasteiger partial charge on any atom is -0.453 e. The van der Waals surface area contributed by atoms with E-state index in [0.717, 1.165) is 16.8 Å². The molecule has 0 aromatic heterocycles. The molecule has 1 unspecified atom stereocenters.